The molecule has 0 aliphatic rings. The number of benzene rings is 1. The van der Waals surface area contributed by atoms with Crippen molar-refractivity contribution in [1.82, 2.24) is 4.57 Å². The number of hydrogen-bond acceptors (Lipinski definition) is 2. The standard InChI is InChI=1S/C24H36BrNO3/c1-2-3-4-5-6-7-8-9-10-13-19(25)16-20(17-24(28)29)26-18-23(27)21-14-11-12-15-22(21)26/h11-12,14-15,18-20,27H,2-10,13,16-17H2,1H3,(H,28,29). The van der Waals surface area contributed by atoms with Crippen molar-refractivity contribution < 1.29 is 15.0 Å². The van der Waals surface area contributed by atoms with Crippen molar-refractivity contribution in [3.05, 3.63) is 30.5 Å². The number of alkyl halides is 1. The molecule has 162 valence electrons. The Morgan fingerprint density at radius 2 is 1.66 bits per heavy atom. The van der Waals surface area contributed by atoms with Gasteiger partial charge in [-0.25, -0.2) is 0 Å². The highest BCUT2D eigenvalue weighted by atomic mass is 79.9. The summed E-state index contributed by atoms with van der Waals surface area (Å²) < 4.78 is 1.93. The maximum Gasteiger partial charge on any atom is 0.305 e. The number of para-hydroxylation sites is 1. The number of fused-ring (bicyclic) bond motifs is 1. The Hall–Kier alpha value is -1.49. The third-order valence-electron chi connectivity index (χ3n) is 5.67. The van der Waals surface area contributed by atoms with Crippen LogP contribution in [0.1, 0.15) is 90.0 Å². The molecule has 0 fully saturated rings. The zero-order valence-electron chi connectivity index (χ0n) is 17.7. The fraction of sp³-hybridized carbons (Fsp3) is 0.625. The third kappa shape index (κ3) is 8.04. The summed E-state index contributed by atoms with van der Waals surface area (Å²) in [5.41, 5.74) is 0.888. The van der Waals surface area contributed by atoms with Crippen LogP contribution >= 0.6 is 15.9 Å². The highest BCUT2D eigenvalue weighted by molar-refractivity contribution is 9.09. The number of hydrogen-bond donors (Lipinski definition) is 2. The number of carbonyl (C=O) groups is 1. The van der Waals surface area contributed by atoms with Crippen LogP contribution < -0.4 is 0 Å². The molecule has 2 N–H and O–H groups in total. The van der Waals surface area contributed by atoms with Gasteiger partial charge in [0.25, 0.3) is 0 Å². The summed E-state index contributed by atoms with van der Waals surface area (Å²) in [5.74, 6) is -0.601. The van der Waals surface area contributed by atoms with Crippen LogP contribution in [-0.4, -0.2) is 25.6 Å². The molecule has 0 radical (unpaired) electrons. The van der Waals surface area contributed by atoms with Gasteiger partial charge >= 0.3 is 5.97 Å². The first-order valence-corrected chi connectivity index (χ1v) is 12.1. The van der Waals surface area contributed by atoms with Gasteiger partial charge in [0.1, 0.15) is 5.75 Å². The van der Waals surface area contributed by atoms with Crippen LogP contribution in [0.4, 0.5) is 0 Å². The van der Waals surface area contributed by atoms with Gasteiger partial charge in [0.2, 0.25) is 0 Å². The van der Waals surface area contributed by atoms with Crippen molar-refractivity contribution >= 4 is 32.8 Å². The number of carboxylic acids is 1. The zero-order chi connectivity index (χ0) is 21.1. The lowest BCUT2D eigenvalue weighted by Crippen LogP contribution is -2.17. The zero-order valence-corrected chi connectivity index (χ0v) is 19.2. The van der Waals surface area contributed by atoms with E-state index in [2.05, 4.69) is 22.9 Å². The fourth-order valence-electron chi connectivity index (χ4n) is 4.07. The molecular weight excluding hydrogens is 430 g/mol. The van der Waals surface area contributed by atoms with E-state index >= 15 is 0 Å². The van der Waals surface area contributed by atoms with E-state index in [0.717, 1.165) is 23.7 Å². The minimum Gasteiger partial charge on any atom is -0.506 e. The van der Waals surface area contributed by atoms with E-state index in [9.17, 15) is 15.0 Å². The number of rotatable bonds is 15. The Balaban J connectivity index is 1.81. The Bertz CT molecular complexity index is 743. The Kier molecular flexibility index (Phi) is 10.6. The summed E-state index contributed by atoms with van der Waals surface area (Å²) in [5, 5.41) is 20.4. The first kappa shape index (κ1) is 23.8. The van der Waals surface area contributed by atoms with Crippen molar-refractivity contribution in [3.8, 4) is 5.75 Å². The van der Waals surface area contributed by atoms with Crippen LogP contribution in [0.2, 0.25) is 0 Å². The van der Waals surface area contributed by atoms with Crippen LogP contribution in [0, 0.1) is 0 Å². The average molecular weight is 466 g/mol. The van der Waals surface area contributed by atoms with E-state index in [0.29, 0.717) is 0 Å². The van der Waals surface area contributed by atoms with E-state index in [1.54, 1.807) is 6.20 Å². The molecule has 0 amide bonds. The SMILES string of the molecule is CCCCCCCCCCCC(Br)CC(CC(=O)O)n1cc(O)c2ccccc21. The van der Waals surface area contributed by atoms with Gasteiger partial charge in [0.15, 0.2) is 0 Å². The van der Waals surface area contributed by atoms with Gasteiger partial charge in [0.05, 0.1) is 11.9 Å². The average Bonchev–Trinajstić information content (AvgIpc) is 3.03. The maximum absolute atomic E-state index is 11.4. The Morgan fingerprint density at radius 1 is 1.03 bits per heavy atom. The van der Waals surface area contributed by atoms with Gasteiger partial charge in [-0.1, -0.05) is 92.8 Å². The summed E-state index contributed by atoms with van der Waals surface area (Å²) in [6.45, 7) is 2.25. The third-order valence-corrected chi connectivity index (χ3v) is 6.50. The predicted molar refractivity (Wildman–Crippen MR) is 124 cm³/mol. The molecule has 2 aromatic rings. The number of aliphatic carboxylic acids is 1. The quantitative estimate of drug-likeness (QED) is 0.212. The molecule has 0 bridgehead atoms. The molecule has 0 spiro atoms. The smallest absolute Gasteiger partial charge is 0.305 e. The maximum atomic E-state index is 11.4. The molecule has 2 rings (SSSR count). The minimum absolute atomic E-state index is 0.0535. The van der Waals surface area contributed by atoms with Crippen LogP contribution in [0.25, 0.3) is 10.9 Å². The molecule has 0 aliphatic heterocycles. The highest BCUT2D eigenvalue weighted by Gasteiger charge is 2.22. The molecule has 1 aromatic carbocycles. The minimum atomic E-state index is -0.810. The summed E-state index contributed by atoms with van der Waals surface area (Å²) >= 11 is 3.78. The lowest BCUT2D eigenvalue weighted by atomic mass is 10.0. The summed E-state index contributed by atoms with van der Waals surface area (Å²) in [6.07, 6.45) is 15.3. The van der Waals surface area contributed by atoms with Gasteiger partial charge in [-0.05, 0) is 25.0 Å². The van der Waals surface area contributed by atoms with E-state index in [4.69, 9.17) is 0 Å². The van der Waals surface area contributed by atoms with E-state index in [1.165, 1.54) is 57.8 Å². The molecular formula is C24H36BrNO3. The van der Waals surface area contributed by atoms with Crippen molar-refractivity contribution in [3.63, 3.8) is 0 Å². The van der Waals surface area contributed by atoms with Crippen LogP contribution in [0.3, 0.4) is 0 Å². The van der Waals surface area contributed by atoms with E-state index in [-0.39, 0.29) is 23.0 Å². The second-order valence-electron chi connectivity index (χ2n) is 8.14. The molecule has 0 aliphatic carbocycles. The first-order valence-electron chi connectivity index (χ1n) is 11.2. The topological polar surface area (TPSA) is 62.5 Å². The number of nitrogens with zero attached hydrogens (tertiary/aromatic N) is 1. The number of aromatic nitrogens is 1. The van der Waals surface area contributed by atoms with Crippen molar-refractivity contribution in [2.45, 2.75) is 94.8 Å². The second kappa shape index (κ2) is 12.9. The summed E-state index contributed by atoms with van der Waals surface area (Å²) in [6, 6.07) is 7.43. The van der Waals surface area contributed by atoms with Gasteiger partial charge in [-0.3, -0.25) is 4.79 Å². The van der Waals surface area contributed by atoms with E-state index < -0.39 is 5.97 Å². The van der Waals surface area contributed by atoms with Crippen LogP contribution in [-0.2, 0) is 4.79 Å². The second-order valence-corrected chi connectivity index (χ2v) is 9.44. The monoisotopic (exact) mass is 465 g/mol. The van der Waals surface area contributed by atoms with Gasteiger partial charge < -0.3 is 14.8 Å². The Labute approximate surface area is 183 Å². The van der Waals surface area contributed by atoms with Crippen LogP contribution in [0.5, 0.6) is 5.75 Å². The first-order chi connectivity index (χ1) is 14.0. The van der Waals surface area contributed by atoms with Gasteiger partial charge in [-0.2, -0.15) is 0 Å². The predicted octanol–water partition coefficient (Wildman–Crippen LogP) is 7.44. The molecule has 2 unspecified atom stereocenters. The highest BCUT2D eigenvalue weighted by Crippen LogP contribution is 2.34. The van der Waals surface area contributed by atoms with Crippen LogP contribution in [0.15, 0.2) is 30.5 Å². The number of halogens is 1. The van der Waals surface area contributed by atoms with Gasteiger partial charge in [0, 0.05) is 22.5 Å². The van der Waals surface area contributed by atoms with Crippen molar-refractivity contribution in [2.24, 2.45) is 0 Å². The molecule has 1 heterocycles. The van der Waals surface area contributed by atoms with E-state index in [1.807, 2.05) is 28.8 Å². The lowest BCUT2D eigenvalue weighted by Gasteiger charge is -2.21. The molecule has 0 saturated carbocycles. The largest absolute Gasteiger partial charge is 0.506 e. The number of carboxylic acid groups (broad SMARTS) is 1. The number of aromatic hydroxyl groups is 1. The summed E-state index contributed by atoms with van der Waals surface area (Å²) in [4.78, 5) is 11.7. The molecule has 2 atom stereocenters. The van der Waals surface area contributed by atoms with Crippen molar-refractivity contribution in [1.29, 1.82) is 0 Å². The Morgan fingerprint density at radius 3 is 2.31 bits per heavy atom. The summed E-state index contributed by atoms with van der Waals surface area (Å²) in [7, 11) is 0. The number of unbranched alkanes of at least 4 members (excludes halogenated alkanes) is 8. The van der Waals surface area contributed by atoms with Crippen molar-refractivity contribution in [2.75, 3.05) is 0 Å². The molecule has 29 heavy (non-hydrogen) atoms. The lowest BCUT2D eigenvalue weighted by molar-refractivity contribution is -0.137. The molecule has 5 heteroatoms. The molecule has 4 nitrogen and oxygen atoms in total. The molecule has 0 saturated heterocycles. The van der Waals surface area contributed by atoms with Gasteiger partial charge in [-0.15, -0.1) is 0 Å². The normalized spacial score (nSPS) is 13.6. The fourth-order valence-corrected chi connectivity index (χ4v) is 4.83. The molecule has 1 aromatic heterocycles.